The maximum atomic E-state index is 11.8. The van der Waals surface area contributed by atoms with E-state index in [1.165, 1.54) is 28.3 Å². The zero-order valence-electron chi connectivity index (χ0n) is 23.4. The van der Waals surface area contributed by atoms with Crippen LogP contribution in [-0.4, -0.2) is 17.4 Å². The highest BCUT2D eigenvalue weighted by Gasteiger charge is 2.46. The van der Waals surface area contributed by atoms with Crippen LogP contribution in [0.5, 0.6) is 11.5 Å². The highest BCUT2D eigenvalue weighted by molar-refractivity contribution is 5.92. The van der Waals surface area contributed by atoms with Crippen molar-refractivity contribution in [2.24, 2.45) is 0 Å². The molecule has 0 radical (unpaired) electrons. The van der Waals surface area contributed by atoms with Crippen molar-refractivity contribution in [3.63, 3.8) is 0 Å². The molecule has 1 N–H and O–H groups in total. The van der Waals surface area contributed by atoms with E-state index in [-0.39, 0.29) is 0 Å². The number of benzene rings is 6. The van der Waals surface area contributed by atoms with Crippen molar-refractivity contribution in [2.45, 2.75) is 11.7 Å². The van der Waals surface area contributed by atoms with Gasteiger partial charge in [-0.05, 0) is 97.4 Å². The topological polar surface area (TPSA) is 55.8 Å². The molecule has 1 atom stereocenters. The first-order valence-electron chi connectivity index (χ1n) is 14.1. The fourth-order valence-corrected chi connectivity index (χ4v) is 6.42. The summed E-state index contributed by atoms with van der Waals surface area (Å²) in [6.07, 6.45) is 1.45. The first-order valence-corrected chi connectivity index (χ1v) is 14.1. The van der Waals surface area contributed by atoms with Crippen LogP contribution >= 0.6 is 0 Å². The minimum Gasteiger partial charge on any atom is -0.461 e. The standard InChI is InChI=1S/C39H28O4/c1-3-37(40)42-31-19-15-25-21-29(17-13-27(25)23-31)39(35-11-7-5-9-33(35)34-10-6-8-12-36(34)39)30-18-14-28-24-32(43-38(41)4-2)20-16-26(28)22-30/h3-24,37,40H,1-2H2. The van der Waals surface area contributed by atoms with Crippen LogP contribution in [0, 0.1) is 0 Å². The highest BCUT2D eigenvalue weighted by Crippen LogP contribution is 2.56. The molecule has 0 heterocycles. The van der Waals surface area contributed by atoms with Gasteiger partial charge in [0, 0.05) is 6.08 Å². The smallest absolute Gasteiger partial charge is 0.335 e. The summed E-state index contributed by atoms with van der Waals surface area (Å²) in [7, 11) is 0. The van der Waals surface area contributed by atoms with Crippen LogP contribution in [0.25, 0.3) is 32.7 Å². The number of hydrogen-bond acceptors (Lipinski definition) is 4. The molecule has 43 heavy (non-hydrogen) atoms. The molecule has 0 saturated heterocycles. The Balaban J connectivity index is 1.46. The second-order valence-electron chi connectivity index (χ2n) is 10.7. The van der Waals surface area contributed by atoms with Crippen LogP contribution in [0.2, 0.25) is 0 Å². The summed E-state index contributed by atoms with van der Waals surface area (Å²) in [5.41, 5.74) is 6.59. The molecule has 0 aromatic heterocycles. The lowest BCUT2D eigenvalue weighted by Crippen LogP contribution is -2.28. The number of rotatable bonds is 7. The molecule has 1 aliphatic rings. The quantitative estimate of drug-likeness (QED) is 0.0700. The number of aliphatic hydroxyl groups is 1. The lowest BCUT2D eigenvalue weighted by Gasteiger charge is -2.34. The number of esters is 1. The molecule has 4 heteroatoms. The lowest BCUT2D eigenvalue weighted by molar-refractivity contribution is -0.128. The molecule has 0 aliphatic heterocycles. The Hall–Kier alpha value is -5.45. The number of fused-ring (bicyclic) bond motifs is 5. The summed E-state index contributed by atoms with van der Waals surface area (Å²) >= 11 is 0. The highest BCUT2D eigenvalue weighted by atomic mass is 16.6. The Morgan fingerprint density at radius 2 is 1.14 bits per heavy atom. The van der Waals surface area contributed by atoms with E-state index in [9.17, 15) is 9.90 Å². The van der Waals surface area contributed by atoms with Gasteiger partial charge in [-0.15, -0.1) is 0 Å². The number of hydrogen-bond donors (Lipinski definition) is 1. The molecule has 0 saturated carbocycles. The van der Waals surface area contributed by atoms with Gasteiger partial charge in [-0.25, -0.2) is 4.79 Å². The zero-order valence-corrected chi connectivity index (χ0v) is 23.4. The van der Waals surface area contributed by atoms with Crippen LogP contribution < -0.4 is 9.47 Å². The van der Waals surface area contributed by atoms with Gasteiger partial charge in [-0.1, -0.05) is 98.1 Å². The molecular formula is C39H28O4. The third-order valence-corrected chi connectivity index (χ3v) is 8.29. The monoisotopic (exact) mass is 560 g/mol. The van der Waals surface area contributed by atoms with E-state index in [0.717, 1.165) is 38.7 Å². The average molecular weight is 561 g/mol. The fourth-order valence-electron chi connectivity index (χ4n) is 6.42. The van der Waals surface area contributed by atoms with Gasteiger partial charge in [0.1, 0.15) is 11.5 Å². The van der Waals surface area contributed by atoms with Crippen LogP contribution in [0.1, 0.15) is 22.3 Å². The first-order chi connectivity index (χ1) is 21.0. The lowest BCUT2D eigenvalue weighted by atomic mass is 9.67. The normalized spacial score (nSPS) is 13.6. The van der Waals surface area contributed by atoms with Gasteiger partial charge in [0.25, 0.3) is 0 Å². The molecule has 208 valence electrons. The minimum atomic E-state index is -1.07. The Kier molecular flexibility index (Phi) is 6.42. The molecular weight excluding hydrogens is 532 g/mol. The number of carbonyl (C=O) groups is 1. The van der Waals surface area contributed by atoms with E-state index in [2.05, 4.69) is 98.1 Å². The van der Waals surface area contributed by atoms with Gasteiger partial charge < -0.3 is 14.6 Å². The van der Waals surface area contributed by atoms with Crippen LogP contribution in [0.4, 0.5) is 0 Å². The summed E-state index contributed by atoms with van der Waals surface area (Å²) in [5.74, 6) is 0.572. The Bertz CT molecular complexity index is 2030. The van der Waals surface area contributed by atoms with Gasteiger partial charge in [0.05, 0.1) is 5.41 Å². The SMILES string of the molecule is C=CC(=O)Oc1ccc2cc(C3(c4ccc5cc(OC(O)C=C)ccc5c4)c4ccccc4-c4ccccc43)ccc2c1. The summed E-state index contributed by atoms with van der Waals surface area (Å²) in [4.78, 5) is 11.8. The second-order valence-corrected chi connectivity index (χ2v) is 10.7. The number of carbonyl (C=O) groups excluding carboxylic acids is 1. The molecule has 1 aliphatic carbocycles. The van der Waals surface area contributed by atoms with Gasteiger partial charge in [0.15, 0.2) is 0 Å². The van der Waals surface area contributed by atoms with E-state index >= 15 is 0 Å². The van der Waals surface area contributed by atoms with Crippen molar-refractivity contribution in [3.8, 4) is 22.6 Å². The maximum absolute atomic E-state index is 11.8. The predicted molar refractivity (Wildman–Crippen MR) is 171 cm³/mol. The van der Waals surface area contributed by atoms with Gasteiger partial charge in [-0.2, -0.15) is 0 Å². The molecule has 0 amide bonds. The molecule has 4 nitrogen and oxygen atoms in total. The third-order valence-electron chi connectivity index (χ3n) is 8.29. The van der Waals surface area contributed by atoms with Crippen LogP contribution in [0.15, 0.2) is 147 Å². The molecule has 1 unspecified atom stereocenters. The van der Waals surface area contributed by atoms with Crippen molar-refractivity contribution >= 4 is 27.5 Å². The fraction of sp³-hybridized carbons (Fsp3) is 0.0513. The van der Waals surface area contributed by atoms with Crippen molar-refractivity contribution in [3.05, 3.63) is 169 Å². The van der Waals surface area contributed by atoms with E-state index in [1.807, 2.05) is 36.4 Å². The van der Waals surface area contributed by atoms with E-state index < -0.39 is 17.7 Å². The maximum Gasteiger partial charge on any atom is 0.335 e. The molecule has 6 aromatic rings. The van der Waals surface area contributed by atoms with E-state index in [4.69, 9.17) is 9.47 Å². The first kappa shape index (κ1) is 26.4. The summed E-state index contributed by atoms with van der Waals surface area (Å²) in [6.45, 7) is 7.08. The Morgan fingerprint density at radius 3 is 1.70 bits per heavy atom. The summed E-state index contributed by atoms with van der Waals surface area (Å²) in [6, 6.07) is 41.9. The van der Waals surface area contributed by atoms with E-state index in [1.54, 1.807) is 0 Å². The van der Waals surface area contributed by atoms with Gasteiger partial charge in [-0.3, -0.25) is 0 Å². The molecule has 6 aromatic carbocycles. The largest absolute Gasteiger partial charge is 0.461 e. The van der Waals surface area contributed by atoms with Crippen molar-refractivity contribution < 1.29 is 19.4 Å². The Morgan fingerprint density at radius 1 is 0.651 bits per heavy atom. The van der Waals surface area contributed by atoms with E-state index in [0.29, 0.717) is 11.5 Å². The van der Waals surface area contributed by atoms with Crippen LogP contribution in [0.3, 0.4) is 0 Å². The molecule has 0 spiro atoms. The predicted octanol–water partition coefficient (Wildman–Crippen LogP) is 8.33. The van der Waals surface area contributed by atoms with Gasteiger partial charge >= 0.3 is 5.97 Å². The molecule has 0 fully saturated rings. The van der Waals surface area contributed by atoms with Crippen LogP contribution in [-0.2, 0) is 10.2 Å². The van der Waals surface area contributed by atoms with Crippen molar-refractivity contribution in [1.82, 2.24) is 0 Å². The average Bonchev–Trinajstić information content (AvgIpc) is 3.35. The third kappa shape index (κ3) is 4.32. The number of aliphatic hydroxyl groups excluding tert-OH is 1. The van der Waals surface area contributed by atoms with Gasteiger partial charge in [0.2, 0.25) is 6.29 Å². The molecule has 7 rings (SSSR count). The second kappa shape index (κ2) is 10.4. The van der Waals surface area contributed by atoms with Crippen molar-refractivity contribution in [1.29, 1.82) is 0 Å². The minimum absolute atomic E-state index is 0.481. The number of ether oxygens (including phenoxy) is 2. The zero-order chi connectivity index (χ0) is 29.6. The summed E-state index contributed by atoms with van der Waals surface area (Å²) < 4.78 is 10.9. The summed E-state index contributed by atoms with van der Waals surface area (Å²) in [5, 5.41) is 14.0. The molecule has 0 bridgehead atoms. The Labute approximate surface area is 249 Å². The van der Waals surface area contributed by atoms with Crippen molar-refractivity contribution in [2.75, 3.05) is 0 Å².